The van der Waals surface area contributed by atoms with Gasteiger partial charge in [-0.1, -0.05) is 11.6 Å². The van der Waals surface area contributed by atoms with Crippen LogP contribution in [0.2, 0.25) is 5.02 Å². The van der Waals surface area contributed by atoms with Crippen LogP contribution in [0.4, 0.5) is 4.39 Å². The van der Waals surface area contributed by atoms with Gasteiger partial charge in [-0.2, -0.15) is 0 Å². The fourth-order valence-electron chi connectivity index (χ4n) is 0.704. The molecule has 60 valence electrons. The van der Waals surface area contributed by atoms with Crippen LogP contribution in [0.3, 0.4) is 0 Å². The van der Waals surface area contributed by atoms with Gasteiger partial charge in [0, 0.05) is 11.6 Å². The highest BCUT2D eigenvalue weighted by atomic mass is 35.5. The van der Waals surface area contributed by atoms with Crippen LogP contribution in [0.15, 0.2) is 12.1 Å². The van der Waals surface area contributed by atoms with Gasteiger partial charge >= 0.3 is 0 Å². The van der Waals surface area contributed by atoms with Crippen molar-refractivity contribution in [1.82, 2.24) is 0 Å². The summed E-state index contributed by atoms with van der Waals surface area (Å²) in [5, 5.41) is 17.4. The highest BCUT2D eigenvalue weighted by Gasteiger charge is 2.05. The van der Waals surface area contributed by atoms with Crippen LogP contribution in [0, 0.1) is 5.82 Å². The molecule has 0 saturated carbocycles. The van der Waals surface area contributed by atoms with Crippen molar-refractivity contribution in [3.63, 3.8) is 0 Å². The molecule has 0 heterocycles. The van der Waals surface area contributed by atoms with E-state index in [-0.39, 0.29) is 22.9 Å². The van der Waals surface area contributed by atoms with Crippen molar-refractivity contribution in [3.05, 3.63) is 28.5 Å². The molecule has 0 atom stereocenters. The third-order valence-corrected chi connectivity index (χ3v) is 1.58. The first-order chi connectivity index (χ1) is 5.15. The maximum Gasteiger partial charge on any atom is 0.145 e. The largest absolute Gasteiger partial charge is 0.507 e. The van der Waals surface area contributed by atoms with Gasteiger partial charge in [0.1, 0.15) is 11.6 Å². The summed E-state index contributed by atoms with van der Waals surface area (Å²) < 4.78 is 12.5. The fourth-order valence-corrected chi connectivity index (χ4v) is 0.890. The van der Waals surface area contributed by atoms with Gasteiger partial charge < -0.3 is 10.2 Å². The van der Waals surface area contributed by atoms with E-state index in [0.29, 0.717) is 0 Å². The summed E-state index contributed by atoms with van der Waals surface area (Å²) in [5.74, 6) is -0.976. The van der Waals surface area contributed by atoms with Crippen molar-refractivity contribution in [3.8, 4) is 5.75 Å². The van der Waals surface area contributed by atoms with Crippen LogP contribution in [-0.2, 0) is 6.61 Å². The Morgan fingerprint density at radius 3 is 2.64 bits per heavy atom. The summed E-state index contributed by atoms with van der Waals surface area (Å²) in [7, 11) is 0. The van der Waals surface area contributed by atoms with E-state index in [1.54, 1.807) is 0 Å². The number of rotatable bonds is 1. The summed E-state index contributed by atoms with van der Waals surface area (Å²) >= 11 is 5.37. The highest BCUT2D eigenvalue weighted by Crippen LogP contribution is 2.24. The molecule has 2 N–H and O–H groups in total. The molecule has 1 aromatic carbocycles. The number of phenols is 1. The van der Waals surface area contributed by atoms with Gasteiger partial charge in [0.2, 0.25) is 0 Å². The van der Waals surface area contributed by atoms with Crippen molar-refractivity contribution >= 4 is 11.6 Å². The SMILES string of the molecule is OCc1cc(Cl)c(F)cc1O. The molecule has 4 heteroatoms. The number of hydrogen-bond donors (Lipinski definition) is 2. The molecular formula is C7H6ClFO2. The number of aliphatic hydroxyl groups excluding tert-OH is 1. The molecule has 1 rings (SSSR count). The Labute approximate surface area is 67.9 Å². The van der Waals surface area contributed by atoms with Crippen LogP contribution in [0.1, 0.15) is 5.56 Å². The van der Waals surface area contributed by atoms with E-state index >= 15 is 0 Å². The normalized spacial score (nSPS) is 10.1. The van der Waals surface area contributed by atoms with Gasteiger partial charge in [-0.3, -0.25) is 0 Å². The van der Waals surface area contributed by atoms with Gasteiger partial charge in [-0.05, 0) is 6.07 Å². The quantitative estimate of drug-likeness (QED) is 0.684. The highest BCUT2D eigenvalue weighted by molar-refractivity contribution is 6.30. The first-order valence-corrected chi connectivity index (χ1v) is 3.30. The first-order valence-electron chi connectivity index (χ1n) is 2.93. The van der Waals surface area contributed by atoms with E-state index in [0.717, 1.165) is 6.07 Å². The van der Waals surface area contributed by atoms with E-state index in [1.807, 2.05) is 0 Å². The molecule has 0 aliphatic heterocycles. The van der Waals surface area contributed by atoms with Crippen LogP contribution in [0.5, 0.6) is 5.75 Å². The van der Waals surface area contributed by atoms with E-state index in [9.17, 15) is 4.39 Å². The Balaban J connectivity index is 3.21. The lowest BCUT2D eigenvalue weighted by Crippen LogP contribution is -1.86. The van der Waals surface area contributed by atoms with Crippen molar-refractivity contribution in [2.45, 2.75) is 6.61 Å². The lowest BCUT2D eigenvalue weighted by molar-refractivity contribution is 0.275. The average Bonchev–Trinajstić information content (AvgIpc) is 1.97. The van der Waals surface area contributed by atoms with E-state index in [2.05, 4.69) is 0 Å². The van der Waals surface area contributed by atoms with Gasteiger partial charge in [0.15, 0.2) is 0 Å². The maximum absolute atomic E-state index is 12.5. The molecule has 0 radical (unpaired) electrons. The standard InChI is InChI=1S/C7H6ClFO2/c8-5-1-4(3-10)7(11)2-6(5)9/h1-2,10-11H,3H2. The Bertz CT molecular complexity index is 275. The first kappa shape index (κ1) is 8.30. The zero-order chi connectivity index (χ0) is 8.43. The minimum Gasteiger partial charge on any atom is -0.507 e. The van der Waals surface area contributed by atoms with Crippen LogP contribution < -0.4 is 0 Å². The molecule has 0 saturated heterocycles. The van der Waals surface area contributed by atoms with Crippen LogP contribution in [-0.4, -0.2) is 10.2 Å². The zero-order valence-corrected chi connectivity index (χ0v) is 6.27. The second kappa shape index (κ2) is 3.07. The van der Waals surface area contributed by atoms with Crippen molar-refractivity contribution in [2.75, 3.05) is 0 Å². The maximum atomic E-state index is 12.5. The molecule has 0 spiro atoms. The van der Waals surface area contributed by atoms with Gasteiger partial charge in [-0.15, -0.1) is 0 Å². The van der Waals surface area contributed by atoms with Gasteiger partial charge in [-0.25, -0.2) is 4.39 Å². The van der Waals surface area contributed by atoms with Gasteiger partial charge in [0.05, 0.1) is 11.6 Å². The second-order valence-corrected chi connectivity index (χ2v) is 2.46. The van der Waals surface area contributed by atoms with Crippen LogP contribution in [0.25, 0.3) is 0 Å². The molecule has 0 aromatic heterocycles. The van der Waals surface area contributed by atoms with Gasteiger partial charge in [0.25, 0.3) is 0 Å². The Morgan fingerprint density at radius 2 is 2.09 bits per heavy atom. The molecule has 0 aliphatic rings. The Hall–Kier alpha value is -0.800. The number of benzene rings is 1. The molecule has 1 aromatic rings. The number of aliphatic hydroxyl groups is 1. The molecule has 0 unspecified atom stereocenters. The van der Waals surface area contributed by atoms with Crippen molar-refractivity contribution in [2.24, 2.45) is 0 Å². The lowest BCUT2D eigenvalue weighted by atomic mass is 10.2. The molecule has 0 fully saturated rings. The molecule has 2 nitrogen and oxygen atoms in total. The molecule has 0 amide bonds. The van der Waals surface area contributed by atoms with E-state index in [4.69, 9.17) is 21.8 Å². The number of halogens is 2. The predicted molar refractivity (Wildman–Crippen MR) is 39.0 cm³/mol. The summed E-state index contributed by atoms with van der Waals surface area (Å²) in [6.07, 6.45) is 0. The van der Waals surface area contributed by atoms with E-state index < -0.39 is 5.82 Å². The van der Waals surface area contributed by atoms with Crippen molar-refractivity contribution < 1.29 is 14.6 Å². The average molecular weight is 177 g/mol. The Morgan fingerprint density at radius 1 is 1.45 bits per heavy atom. The Kier molecular flexibility index (Phi) is 2.31. The topological polar surface area (TPSA) is 40.5 Å². The third-order valence-electron chi connectivity index (χ3n) is 1.29. The minimum absolute atomic E-state index is 0.105. The summed E-state index contributed by atoms with van der Waals surface area (Å²) in [6, 6.07) is 2.06. The smallest absolute Gasteiger partial charge is 0.145 e. The third kappa shape index (κ3) is 1.61. The van der Waals surface area contributed by atoms with E-state index in [1.165, 1.54) is 6.07 Å². The number of hydrogen-bond acceptors (Lipinski definition) is 2. The summed E-state index contributed by atoms with van der Waals surface area (Å²) in [5.41, 5.74) is 0.219. The minimum atomic E-state index is -0.693. The molecule has 11 heavy (non-hydrogen) atoms. The lowest BCUT2D eigenvalue weighted by Gasteiger charge is -2.01. The monoisotopic (exact) mass is 176 g/mol. The summed E-state index contributed by atoms with van der Waals surface area (Å²) in [6.45, 7) is -0.355. The molecular weight excluding hydrogens is 171 g/mol. The fraction of sp³-hybridized carbons (Fsp3) is 0.143. The van der Waals surface area contributed by atoms with Crippen LogP contribution >= 0.6 is 11.6 Å². The second-order valence-electron chi connectivity index (χ2n) is 2.05. The zero-order valence-electron chi connectivity index (χ0n) is 5.51. The molecule has 0 bridgehead atoms. The summed E-state index contributed by atoms with van der Waals surface area (Å²) in [4.78, 5) is 0. The molecule has 0 aliphatic carbocycles. The predicted octanol–water partition coefficient (Wildman–Crippen LogP) is 1.68. The number of aromatic hydroxyl groups is 1. The van der Waals surface area contributed by atoms with Crippen molar-refractivity contribution in [1.29, 1.82) is 0 Å².